The zero-order valence-electron chi connectivity index (χ0n) is 29.6. The molecule has 0 saturated heterocycles. The van der Waals surface area contributed by atoms with Crippen LogP contribution in [0.2, 0.25) is 0 Å². The number of nitrogens with zero attached hydrogens (tertiary/aromatic N) is 4. The second-order valence-corrected chi connectivity index (χ2v) is 12.9. The van der Waals surface area contributed by atoms with Crippen LogP contribution in [0, 0.1) is 12.8 Å². The Morgan fingerprint density at radius 3 is 2.38 bits per heavy atom. The second kappa shape index (κ2) is 18.6. The summed E-state index contributed by atoms with van der Waals surface area (Å²) in [5.74, 6) is 0.209. The van der Waals surface area contributed by atoms with Gasteiger partial charge in [-0.2, -0.15) is 5.10 Å². The molecule has 1 aliphatic rings. The van der Waals surface area contributed by atoms with E-state index in [0.29, 0.717) is 44.2 Å². The third kappa shape index (κ3) is 11.5. The molecule has 0 saturated carbocycles. The molecule has 50 heavy (non-hydrogen) atoms. The van der Waals surface area contributed by atoms with E-state index in [4.69, 9.17) is 4.74 Å². The Morgan fingerprint density at radius 1 is 0.940 bits per heavy atom. The van der Waals surface area contributed by atoms with Gasteiger partial charge in [-0.25, -0.2) is 9.67 Å². The lowest BCUT2D eigenvalue weighted by Crippen LogP contribution is -2.54. The first-order chi connectivity index (χ1) is 24.0. The normalized spacial score (nSPS) is 20.8. The summed E-state index contributed by atoms with van der Waals surface area (Å²) >= 11 is 0. The summed E-state index contributed by atoms with van der Waals surface area (Å²) in [5, 5.41) is 16.2. The van der Waals surface area contributed by atoms with E-state index in [-0.39, 0.29) is 37.1 Å². The van der Waals surface area contributed by atoms with Gasteiger partial charge in [0, 0.05) is 32.5 Å². The molecule has 4 N–H and O–H groups in total. The first-order valence-corrected chi connectivity index (χ1v) is 17.2. The number of carbonyl (C=O) groups is 4. The molecule has 1 aromatic heterocycles. The van der Waals surface area contributed by atoms with Gasteiger partial charge in [0.15, 0.2) is 5.82 Å². The molecule has 3 aromatic rings. The van der Waals surface area contributed by atoms with Crippen LogP contribution in [0.1, 0.15) is 62.4 Å². The highest BCUT2D eigenvalue weighted by Crippen LogP contribution is 2.21. The minimum atomic E-state index is -0.934. The fourth-order valence-electron chi connectivity index (χ4n) is 5.69. The molecule has 0 radical (unpaired) electrons. The molecule has 268 valence electrons. The number of rotatable bonds is 7. The van der Waals surface area contributed by atoms with Crippen LogP contribution < -0.4 is 26.0 Å². The van der Waals surface area contributed by atoms with Crippen LogP contribution in [0.5, 0.6) is 5.75 Å². The molecule has 0 spiro atoms. The standard InChI is InChI=1S/C37H50N8O5/c1-25(2)34-35-40-27(4)43-45(35)24-33(47)38-19-22-44(20-9-13-28-15-17-30(50-5)18-16-28)21-10-14-32(46)39-26(3)36(48)41-31(37(49)42-34)23-29-11-7-6-8-12-29/h6-9,11-13,15-18,25-26,31,34H,10,14,19-24H2,1-5H3,(H,38,47)(H,39,46)(H,41,48)(H,42,49)/t26-,31+,34-/m0/s1. The van der Waals surface area contributed by atoms with E-state index < -0.39 is 29.9 Å². The van der Waals surface area contributed by atoms with Crippen LogP contribution in [-0.2, 0) is 32.1 Å². The Labute approximate surface area is 294 Å². The van der Waals surface area contributed by atoms with Gasteiger partial charge in [0.1, 0.15) is 30.2 Å². The minimum Gasteiger partial charge on any atom is -0.497 e. The van der Waals surface area contributed by atoms with E-state index in [1.807, 2.05) is 80.6 Å². The van der Waals surface area contributed by atoms with Gasteiger partial charge >= 0.3 is 0 Å². The zero-order valence-corrected chi connectivity index (χ0v) is 29.6. The summed E-state index contributed by atoms with van der Waals surface area (Å²) < 4.78 is 6.78. The number of fused-ring (bicyclic) bond motifs is 1. The Bertz CT molecular complexity index is 1610. The van der Waals surface area contributed by atoms with E-state index in [0.717, 1.165) is 16.9 Å². The fourth-order valence-corrected chi connectivity index (χ4v) is 5.69. The molecule has 13 nitrogen and oxygen atoms in total. The van der Waals surface area contributed by atoms with Gasteiger partial charge in [-0.15, -0.1) is 0 Å². The predicted molar refractivity (Wildman–Crippen MR) is 191 cm³/mol. The number of methoxy groups -OCH3 is 1. The number of benzene rings is 2. The highest BCUT2D eigenvalue weighted by molar-refractivity contribution is 5.92. The first-order valence-electron chi connectivity index (χ1n) is 17.2. The highest BCUT2D eigenvalue weighted by Gasteiger charge is 2.30. The molecule has 4 rings (SSSR count). The third-order valence-electron chi connectivity index (χ3n) is 8.45. The van der Waals surface area contributed by atoms with Crippen molar-refractivity contribution in [1.29, 1.82) is 0 Å². The Morgan fingerprint density at radius 2 is 1.68 bits per heavy atom. The summed E-state index contributed by atoms with van der Waals surface area (Å²) in [5.41, 5.74) is 1.89. The van der Waals surface area contributed by atoms with Crippen LogP contribution in [0.3, 0.4) is 0 Å². The Balaban J connectivity index is 1.55. The van der Waals surface area contributed by atoms with E-state index in [1.54, 1.807) is 21.0 Å². The van der Waals surface area contributed by atoms with Gasteiger partial charge < -0.3 is 26.0 Å². The number of carbonyl (C=O) groups excluding carboxylic acids is 4. The molecule has 0 bridgehead atoms. The van der Waals surface area contributed by atoms with Crippen LogP contribution in [0.15, 0.2) is 60.7 Å². The molecule has 13 heteroatoms. The van der Waals surface area contributed by atoms with Crippen LogP contribution in [0.25, 0.3) is 6.08 Å². The molecule has 0 aliphatic carbocycles. The van der Waals surface area contributed by atoms with E-state index in [2.05, 4.69) is 36.2 Å². The summed E-state index contributed by atoms with van der Waals surface area (Å²) in [6.45, 7) is 9.29. The smallest absolute Gasteiger partial charge is 0.243 e. The van der Waals surface area contributed by atoms with E-state index in [9.17, 15) is 19.2 Å². The lowest BCUT2D eigenvalue weighted by Gasteiger charge is -2.27. The van der Waals surface area contributed by atoms with Crippen LogP contribution in [0.4, 0.5) is 0 Å². The molecule has 3 atom stereocenters. The van der Waals surface area contributed by atoms with Gasteiger partial charge in [0.05, 0.1) is 13.2 Å². The van der Waals surface area contributed by atoms with Gasteiger partial charge in [-0.1, -0.05) is 68.5 Å². The number of ether oxygens (including phenoxy) is 1. The average molecular weight is 687 g/mol. The first kappa shape index (κ1) is 37.8. The summed E-state index contributed by atoms with van der Waals surface area (Å²) in [6.07, 6.45) is 5.06. The van der Waals surface area contributed by atoms with Gasteiger partial charge in [0.25, 0.3) is 0 Å². The summed E-state index contributed by atoms with van der Waals surface area (Å²) in [7, 11) is 1.63. The van der Waals surface area contributed by atoms with E-state index in [1.165, 1.54) is 4.68 Å². The number of aryl methyl sites for hydroxylation is 1. The second-order valence-electron chi connectivity index (χ2n) is 12.9. The molecule has 2 heterocycles. The van der Waals surface area contributed by atoms with Crippen molar-refractivity contribution in [2.24, 2.45) is 5.92 Å². The molecular formula is C37H50N8O5. The molecule has 0 fully saturated rings. The lowest BCUT2D eigenvalue weighted by molar-refractivity contribution is -0.132. The monoisotopic (exact) mass is 686 g/mol. The molecular weight excluding hydrogens is 636 g/mol. The van der Waals surface area contributed by atoms with Crippen molar-refractivity contribution < 1.29 is 23.9 Å². The number of hydrogen-bond donors (Lipinski definition) is 4. The maximum Gasteiger partial charge on any atom is 0.243 e. The van der Waals surface area contributed by atoms with Crippen molar-refractivity contribution in [1.82, 2.24) is 40.9 Å². The lowest BCUT2D eigenvalue weighted by atomic mass is 10.0. The quantitative estimate of drug-likeness (QED) is 0.295. The molecule has 1 aliphatic heterocycles. The average Bonchev–Trinajstić information content (AvgIpc) is 3.45. The van der Waals surface area contributed by atoms with Gasteiger partial charge in [-0.3, -0.25) is 24.1 Å². The molecule has 0 unspecified atom stereocenters. The maximum absolute atomic E-state index is 13.9. The van der Waals surface area contributed by atoms with Crippen molar-refractivity contribution in [3.63, 3.8) is 0 Å². The molecule has 2 aromatic carbocycles. The van der Waals surface area contributed by atoms with Crippen molar-refractivity contribution in [2.45, 2.75) is 71.6 Å². The van der Waals surface area contributed by atoms with Crippen molar-refractivity contribution in [3.05, 3.63) is 83.4 Å². The minimum absolute atomic E-state index is 0.0749. The Hall–Kier alpha value is -5.04. The number of aromatic nitrogens is 3. The van der Waals surface area contributed by atoms with Crippen molar-refractivity contribution >= 4 is 29.7 Å². The topological polar surface area (TPSA) is 160 Å². The number of nitrogens with one attached hydrogen (secondary N) is 4. The maximum atomic E-state index is 13.9. The van der Waals surface area contributed by atoms with Crippen LogP contribution in [-0.4, -0.2) is 88.7 Å². The van der Waals surface area contributed by atoms with E-state index >= 15 is 0 Å². The Kier molecular flexibility index (Phi) is 14.1. The van der Waals surface area contributed by atoms with Crippen molar-refractivity contribution in [2.75, 3.05) is 33.3 Å². The summed E-state index contributed by atoms with van der Waals surface area (Å²) in [4.78, 5) is 60.0. The largest absolute Gasteiger partial charge is 0.497 e. The highest BCUT2D eigenvalue weighted by atomic mass is 16.5. The summed E-state index contributed by atoms with van der Waals surface area (Å²) in [6, 6.07) is 14.8. The predicted octanol–water partition coefficient (Wildman–Crippen LogP) is 2.57. The van der Waals surface area contributed by atoms with Gasteiger partial charge in [0.2, 0.25) is 23.6 Å². The fraction of sp³-hybridized carbons (Fsp3) is 0.459. The third-order valence-corrected chi connectivity index (χ3v) is 8.45. The number of amides is 4. The van der Waals surface area contributed by atoms with Crippen LogP contribution >= 0.6 is 0 Å². The van der Waals surface area contributed by atoms with Crippen molar-refractivity contribution in [3.8, 4) is 5.75 Å². The zero-order chi connectivity index (χ0) is 36.0. The van der Waals surface area contributed by atoms with Gasteiger partial charge in [-0.05, 0) is 56.0 Å². The number of hydrogen-bond acceptors (Lipinski definition) is 8. The molecule has 4 amide bonds. The SMILES string of the molecule is COc1ccc(C=CCN2CCCC(=O)N[C@@H](C)C(=O)N[C@H](Cc3ccccc3)C(=O)N[C@@H](C(C)C)c3nc(C)nn3CC(=O)NCC2)cc1.